The Kier molecular flexibility index (Phi) is 4.03. The minimum Gasteiger partial charge on any atom is -0.377 e. The number of hydrogen-bond acceptors (Lipinski definition) is 4. The van der Waals surface area contributed by atoms with Crippen molar-refractivity contribution in [2.24, 2.45) is 0 Å². The Labute approximate surface area is 114 Å². The van der Waals surface area contributed by atoms with Crippen molar-refractivity contribution in [2.45, 2.75) is 23.6 Å². The van der Waals surface area contributed by atoms with Crippen molar-refractivity contribution in [1.82, 2.24) is 10.2 Å². The minimum atomic E-state index is -4.54. The predicted molar refractivity (Wildman–Crippen MR) is 70.3 cm³/mol. The van der Waals surface area contributed by atoms with Crippen LogP contribution in [-0.4, -0.2) is 24.4 Å². The number of nitrogens with one attached hydrogen (secondary N) is 2. The molecule has 0 aliphatic heterocycles. The molecule has 2 rings (SSSR count). The first-order chi connectivity index (χ1) is 9.41. The van der Waals surface area contributed by atoms with Gasteiger partial charge < -0.3 is 5.32 Å². The third-order valence-corrected chi connectivity index (χ3v) is 4.19. The van der Waals surface area contributed by atoms with Gasteiger partial charge in [-0.25, -0.2) is 8.42 Å². The lowest BCUT2D eigenvalue weighted by Crippen LogP contribution is -2.11. The number of aromatic nitrogens is 2. The molecule has 20 heavy (non-hydrogen) atoms. The molecule has 8 heteroatoms. The number of nitrogens with zero attached hydrogens (tertiary/aromatic N) is 1. The number of sulfone groups is 1. The molecular formula is C12H13F2N3O2S. The summed E-state index contributed by atoms with van der Waals surface area (Å²) in [6.45, 7) is 1.89. The normalized spacial score (nSPS) is 13.4. The van der Waals surface area contributed by atoms with Gasteiger partial charge in [0.15, 0.2) is 0 Å². The second-order valence-corrected chi connectivity index (χ2v) is 6.13. The fraction of sp³-hybridized carbons (Fsp3) is 0.250. The smallest absolute Gasteiger partial charge is 0.341 e. The molecule has 5 nitrogen and oxygen atoms in total. The van der Waals surface area contributed by atoms with Crippen molar-refractivity contribution in [1.29, 1.82) is 0 Å². The highest BCUT2D eigenvalue weighted by molar-refractivity contribution is 7.91. The highest BCUT2D eigenvalue weighted by Gasteiger charge is 2.26. The van der Waals surface area contributed by atoms with Crippen LogP contribution in [-0.2, 0) is 9.84 Å². The largest absolute Gasteiger partial charge is 0.377 e. The van der Waals surface area contributed by atoms with E-state index in [2.05, 4.69) is 15.5 Å². The summed E-state index contributed by atoms with van der Waals surface area (Å²) in [6, 6.07) is 6.93. The summed E-state index contributed by atoms with van der Waals surface area (Å²) in [4.78, 5) is -0.396. The maximum absolute atomic E-state index is 12.4. The van der Waals surface area contributed by atoms with E-state index >= 15 is 0 Å². The number of alkyl halides is 2. The molecule has 0 amide bonds. The standard InChI is InChI=1S/C12H13F2N3O2S/c1-8(11-6-7-15-17-11)16-9-2-4-10(5-3-9)20(18,19)12(13)14/h2-8,12,16H,1H3,(H,15,17). The maximum atomic E-state index is 12.4. The van der Waals surface area contributed by atoms with Crippen LogP contribution in [0.3, 0.4) is 0 Å². The first kappa shape index (κ1) is 14.4. The van der Waals surface area contributed by atoms with E-state index < -0.39 is 20.5 Å². The van der Waals surface area contributed by atoms with Gasteiger partial charge in [0.25, 0.3) is 0 Å². The maximum Gasteiger partial charge on any atom is 0.341 e. The topological polar surface area (TPSA) is 74.8 Å². The molecule has 0 bridgehead atoms. The molecule has 0 radical (unpaired) electrons. The molecule has 1 aromatic carbocycles. The fourth-order valence-electron chi connectivity index (χ4n) is 1.68. The highest BCUT2D eigenvalue weighted by atomic mass is 32.2. The fourth-order valence-corrected chi connectivity index (χ4v) is 2.40. The van der Waals surface area contributed by atoms with Gasteiger partial charge in [0.1, 0.15) is 0 Å². The second kappa shape index (κ2) is 5.58. The molecule has 1 heterocycles. The average Bonchev–Trinajstić information content (AvgIpc) is 2.93. The van der Waals surface area contributed by atoms with Gasteiger partial charge in [-0.05, 0) is 37.3 Å². The minimum absolute atomic E-state index is 0.0740. The van der Waals surface area contributed by atoms with Crippen LogP contribution < -0.4 is 5.32 Å². The third kappa shape index (κ3) is 2.96. The zero-order chi connectivity index (χ0) is 14.8. The van der Waals surface area contributed by atoms with Gasteiger partial charge in [0.2, 0.25) is 9.84 Å². The molecule has 0 spiro atoms. The van der Waals surface area contributed by atoms with Crippen molar-refractivity contribution in [3.05, 3.63) is 42.2 Å². The van der Waals surface area contributed by atoms with E-state index in [1.807, 2.05) is 6.92 Å². The molecule has 0 aliphatic rings. The van der Waals surface area contributed by atoms with Crippen LogP contribution in [0, 0.1) is 0 Å². The molecular weight excluding hydrogens is 288 g/mol. The highest BCUT2D eigenvalue weighted by Crippen LogP contribution is 2.22. The molecule has 2 N–H and O–H groups in total. The van der Waals surface area contributed by atoms with Crippen molar-refractivity contribution >= 4 is 15.5 Å². The van der Waals surface area contributed by atoms with Gasteiger partial charge in [0.05, 0.1) is 16.6 Å². The lowest BCUT2D eigenvalue weighted by Gasteiger charge is -2.13. The van der Waals surface area contributed by atoms with E-state index in [0.717, 1.165) is 17.8 Å². The summed E-state index contributed by atoms with van der Waals surface area (Å²) >= 11 is 0. The molecule has 108 valence electrons. The van der Waals surface area contributed by atoms with Crippen LogP contribution in [0.1, 0.15) is 18.7 Å². The molecule has 0 saturated carbocycles. The van der Waals surface area contributed by atoms with Gasteiger partial charge in [0, 0.05) is 11.9 Å². The zero-order valence-corrected chi connectivity index (χ0v) is 11.4. The molecule has 0 aliphatic carbocycles. The number of halogens is 2. The summed E-state index contributed by atoms with van der Waals surface area (Å²) < 4.78 is 47.3. The van der Waals surface area contributed by atoms with E-state index in [-0.39, 0.29) is 6.04 Å². The number of hydrogen-bond donors (Lipinski definition) is 2. The Bertz CT molecular complexity index is 655. The van der Waals surface area contributed by atoms with Gasteiger partial charge >= 0.3 is 5.76 Å². The lowest BCUT2D eigenvalue weighted by molar-refractivity contribution is 0.234. The van der Waals surface area contributed by atoms with Crippen LogP contribution in [0.5, 0.6) is 0 Å². The Balaban J connectivity index is 2.13. The summed E-state index contributed by atoms with van der Waals surface area (Å²) in [6.07, 6.45) is 1.62. The van der Waals surface area contributed by atoms with Crippen LogP contribution >= 0.6 is 0 Å². The van der Waals surface area contributed by atoms with E-state index in [9.17, 15) is 17.2 Å². The number of anilines is 1. The van der Waals surface area contributed by atoms with Crippen molar-refractivity contribution in [3.63, 3.8) is 0 Å². The first-order valence-electron chi connectivity index (χ1n) is 5.79. The summed E-state index contributed by atoms with van der Waals surface area (Å²) in [5, 5.41) is 9.72. The monoisotopic (exact) mass is 301 g/mol. The Morgan fingerprint density at radius 2 is 1.85 bits per heavy atom. The third-order valence-electron chi connectivity index (χ3n) is 2.79. The SMILES string of the molecule is CC(Nc1ccc(S(=O)(=O)C(F)F)cc1)c1ccn[nH]1. The number of rotatable bonds is 5. The second-order valence-electron chi connectivity index (χ2n) is 4.21. The van der Waals surface area contributed by atoms with E-state index in [1.54, 1.807) is 12.3 Å². The van der Waals surface area contributed by atoms with Crippen LogP contribution in [0.4, 0.5) is 14.5 Å². The number of H-pyrrole nitrogens is 1. The summed E-state index contributed by atoms with van der Waals surface area (Å²) in [7, 11) is -4.54. The predicted octanol–water partition coefficient (Wildman–Crippen LogP) is 2.58. The van der Waals surface area contributed by atoms with Crippen molar-refractivity contribution in [2.75, 3.05) is 5.32 Å². The van der Waals surface area contributed by atoms with Crippen LogP contribution in [0.2, 0.25) is 0 Å². The molecule has 2 aromatic rings. The van der Waals surface area contributed by atoms with Crippen molar-refractivity contribution in [3.8, 4) is 0 Å². The number of aromatic amines is 1. The summed E-state index contributed by atoms with van der Waals surface area (Å²) in [5.74, 6) is -3.41. The van der Waals surface area contributed by atoms with E-state index in [4.69, 9.17) is 0 Å². The molecule has 0 saturated heterocycles. The van der Waals surface area contributed by atoms with Crippen LogP contribution in [0.25, 0.3) is 0 Å². The van der Waals surface area contributed by atoms with Gasteiger partial charge in [-0.3, -0.25) is 5.10 Å². The molecule has 1 unspecified atom stereocenters. The average molecular weight is 301 g/mol. The van der Waals surface area contributed by atoms with E-state index in [1.165, 1.54) is 12.1 Å². The summed E-state index contributed by atoms with van der Waals surface area (Å²) in [5.41, 5.74) is 1.48. The van der Waals surface area contributed by atoms with E-state index in [0.29, 0.717) is 5.69 Å². The Morgan fingerprint density at radius 1 is 1.20 bits per heavy atom. The number of benzene rings is 1. The lowest BCUT2D eigenvalue weighted by atomic mass is 10.2. The Hall–Kier alpha value is -1.96. The van der Waals surface area contributed by atoms with Crippen molar-refractivity contribution < 1.29 is 17.2 Å². The quantitative estimate of drug-likeness (QED) is 0.890. The Morgan fingerprint density at radius 3 is 2.35 bits per heavy atom. The molecule has 0 fully saturated rings. The first-order valence-corrected chi connectivity index (χ1v) is 7.34. The molecule has 1 atom stereocenters. The zero-order valence-electron chi connectivity index (χ0n) is 10.5. The van der Waals surface area contributed by atoms with Crippen LogP contribution in [0.15, 0.2) is 41.4 Å². The van der Waals surface area contributed by atoms with Gasteiger partial charge in [-0.2, -0.15) is 13.9 Å². The van der Waals surface area contributed by atoms with Gasteiger partial charge in [-0.15, -0.1) is 0 Å². The molecule has 1 aromatic heterocycles. The van der Waals surface area contributed by atoms with Gasteiger partial charge in [-0.1, -0.05) is 0 Å².